The maximum absolute atomic E-state index is 4.60. The normalized spacial score (nSPS) is 11.9. The van der Waals surface area contributed by atoms with Crippen molar-refractivity contribution in [1.82, 2.24) is 49.9 Å². The van der Waals surface area contributed by atoms with Crippen LogP contribution in [0.3, 0.4) is 0 Å². The molecule has 0 saturated carbocycles. The smallest absolute Gasteiger partial charge is 0.124 e. The third-order valence-electron chi connectivity index (χ3n) is 6.90. The molecule has 6 aromatic rings. The molecule has 0 fully saturated rings. The summed E-state index contributed by atoms with van der Waals surface area (Å²) in [4.78, 5) is 16.1. The number of benzene rings is 3. The van der Waals surface area contributed by atoms with Crippen LogP contribution in [-0.4, -0.2) is 108 Å². The van der Waals surface area contributed by atoms with Gasteiger partial charge in [0.2, 0.25) is 0 Å². The lowest BCUT2D eigenvalue weighted by Crippen LogP contribution is -2.31. The van der Waals surface area contributed by atoms with Gasteiger partial charge in [0.25, 0.3) is 0 Å². The average Bonchev–Trinajstić information content (AvgIpc) is 3.90. The van der Waals surface area contributed by atoms with Crippen LogP contribution in [0.25, 0.3) is 17.1 Å². The number of rotatable bonds is 15. The van der Waals surface area contributed by atoms with Crippen molar-refractivity contribution in [3.05, 3.63) is 127 Å². The lowest BCUT2D eigenvalue weighted by Gasteiger charge is -2.19. The van der Waals surface area contributed by atoms with Gasteiger partial charge in [0.15, 0.2) is 0 Å². The SMILES string of the molecule is C(=NCCN(CCN=Cc1cn(-c2ccccc2)nn1)CCN=Cc1cn(-c2ccccc2)nn1)c1cn(-c2ccccc2)nn1. The van der Waals surface area contributed by atoms with Crippen LogP contribution >= 0.6 is 0 Å². The van der Waals surface area contributed by atoms with Gasteiger partial charge < -0.3 is 0 Å². The number of nitrogens with zero attached hydrogens (tertiary/aromatic N) is 13. The van der Waals surface area contributed by atoms with Gasteiger partial charge in [0.1, 0.15) is 17.1 Å². The first-order valence-corrected chi connectivity index (χ1v) is 15.0. The molecule has 46 heavy (non-hydrogen) atoms. The highest BCUT2D eigenvalue weighted by Crippen LogP contribution is 2.07. The van der Waals surface area contributed by atoms with E-state index in [0.29, 0.717) is 36.7 Å². The molecule has 0 aliphatic carbocycles. The number of aromatic nitrogens is 9. The highest BCUT2D eigenvalue weighted by molar-refractivity contribution is 5.77. The van der Waals surface area contributed by atoms with E-state index in [1.807, 2.05) is 110 Å². The van der Waals surface area contributed by atoms with Gasteiger partial charge in [-0.25, -0.2) is 14.0 Å². The number of aliphatic imine (C=N–C) groups is 3. The Labute approximate surface area is 266 Å². The Balaban J connectivity index is 1.03. The number of hydrogen-bond acceptors (Lipinski definition) is 10. The third kappa shape index (κ3) is 8.57. The molecule has 13 nitrogen and oxygen atoms in total. The first-order chi connectivity index (χ1) is 22.8. The maximum Gasteiger partial charge on any atom is 0.124 e. The van der Waals surface area contributed by atoms with Crippen molar-refractivity contribution in [2.45, 2.75) is 0 Å². The standard InChI is InChI=1S/C33H33N13/c1-4-10-31(11-5-1)44-25-28(37-40-44)22-34-16-19-43(20-17-35-23-29-26-45(41-38-29)32-12-6-2-7-13-32)21-18-36-24-30-27-46(42-39-30)33-14-8-3-9-15-33/h1-15,22-27H,16-21H2. The van der Waals surface area contributed by atoms with Crippen molar-refractivity contribution in [1.29, 1.82) is 0 Å². The Kier molecular flexibility index (Phi) is 10.3. The van der Waals surface area contributed by atoms with E-state index in [4.69, 9.17) is 0 Å². The Morgan fingerprint density at radius 2 is 0.761 bits per heavy atom. The Morgan fingerprint density at radius 3 is 1.07 bits per heavy atom. The van der Waals surface area contributed by atoms with Gasteiger partial charge in [-0.15, -0.1) is 15.3 Å². The van der Waals surface area contributed by atoms with Gasteiger partial charge >= 0.3 is 0 Å². The van der Waals surface area contributed by atoms with Gasteiger partial charge in [0, 0.05) is 19.6 Å². The minimum Gasteiger partial charge on any atom is -0.298 e. The monoisotopic (exact) mass is 611 g/mol. The summed E-state index contributed by atoms with van der Waals surface area (Å²) in [5.41, 5.74) is 4.97. The first-order valence-electron chi connectivity index (χ1n) is 15.0. The molecule has 0 bridgehead atoms. The second-order valence-electron chi connectivity index (χ2n) is 10.2. The van der Waals surface area contributed by atoms with Crippen LogP contribution < -0.4 is 0 Å². The summed E-state index contributed by atoms with van der Waals surface area (Å²) < 4.78 is 5.21. The Bertz CT molecular complexity index is 1640. The molecule has 230 valence electrons. The molecule has 3 heterocycles. The highest BCUT2D eigenvalue weighted by Gasteiger charge is 2.06. The van der Waals surface area contributed by atoms with Crippen molar-refractivity contribution in [2.24, 2.45) is 15.0 Å². The molecule has 0 spiro atoms. The van der Waals surface area contributed by atoms with Crippen LogP contribution in [-0.2, 0) is 0 Å². The van der Waals surface area contributed by atoms with Gasteiger partial charge in [-0.3, -0.25) is 19.9 Å². The number of hydrogen-bond donors (Lipinski definition) is 0. The van der Waals surface area contributed by atoms with Gasteiger partial charge in [-0.2, -0.15) is 0 Å². The zero-order valence-corrected chi connectivity index (χ0v) is 25.2. The third-order valence-corrected chi connectivity index (χ3v) is 6.90. The molecule has 0 atom stereocenters. The molecule has 0 aliphatic rings. The molecule has 0 unspecified atom stereocenters. The predicted molar refractivity (Wildman–Crippen MR) is 178 cm³/mol. The van der Waals surface area contributed by atoms with E-state index in [1.165, 1.54) is 0 Å². The summed E-state index contributed by atoms with van der Waals surface area (Å²) in [7, 11) is 0. The molecule has 3 aromatic heterocycles. The molecular weight excluding hydrogens is 578 g/mol. The summed E-state index contributed by atoms with van der Waals surface area (Å²) in [6.07, 6.45) is 10.9. The summed E-state index contributed by atoms with van der Waals surface area (Å²) >= 11 is 0. The van der Waals surface area contributed by atoms with Gasteiger partial charge in [-0.1, -0.05) is 70.2 Å². The topological polar surface area (TPSA) is 132 Å². The molecule has 0 amide bonds. The van der Waals surface area contributed by atoms with Crippen molar-refractivity contribution >= 4 is 18.6 Å². The van der Waals surface area contributed by atoms with E-state index < -0.39 is 0 Å². The molecular formula is C33H33N13. The molecule has 3 aromatic carbocycles. The highest BCUT2D eigenvalue weighted by atomic mass is 15.4. The fourth-order valence-electron chi connectivity index (χ4n) is 4.54. The van der Waals surface area contributed by atoms with Crippen LogP contribution in [0.4, 0.5) is 0 Å². The molecule has 0 aliphatic heterocycles. The summed E-state index contributed by atoms with van der Waals surface area (Å²) in [5, 5.41) is 25.2. The molecule has 13 heteroatoms. The van der Waals surface area contributed by atoms with Crippen molar-refractivity contribution in [3.8, 4) is 17.1 Å². The van der Waals surface area contributed by atoms with E-state index in [9.17, 15) is 0 Å². The van der Waals surface area contributed by atoms with Crippen LogP contribution in [0, 0.1) is 0 Å². The Morgan fingerprint density at radius 1 is 0.457 bits per heavy atom. The average molecular weight is 612 g/mol. The summed E-state index contributed by atoms with van der Waals surface area (Å²) in [5.74, 6) is 0. The van der Waals surface area contributed by atoms with Crippen LogP contribution in [0.2, 0.25) is 0 Å². The minimum atomic E-state index is 0.600. The van der Waals surface area contributed by atoms with Gasteiger partial charge in [0.05, 0.1) is 73.9 Å². The van der Waals surface area contributed by atoms with Crippen molar-refractivity contribution in [2.75, 3.05) is 39.3 Å². The van der Waals surface area contributed by atoms with Crippen LogP contribution in [0.15, 0.2) is 125 Å². The molecule has 6 rings (SSSR count). The summed E-state index contributed by atoms with van der Waals surface area (Å²) in [6.45, 7) is 4.02. The zero-order chi connectivity index (χ0) is 31.2. The van der Waals surface area contributed by atoms with E-state index in [2.05, 4.69) is 50.8 Å². The minimum absolute atomic E-state index is 0.600. The molecule has 0 radical (unpaired) electrons. The predicted octanol–water partition coefficient (Wildman–Crippen LogP) is 3.39. The fraction of sp³-hybridized carbons (Fsp3) is 0.182. The summed E-state index contributed by atoms with van der Waals surface area (Å²) in [6, 6.07) is 29.6. The lowest BCUT2D eigenvalue weighted by atomic mass is 10.3. The van der Waals surface area contributed by atoms with Crippen molar-refractivity contribution in [3.63, 3.8) is 0 Å². The number of para-hydroxylation sites is 3. The van der Waals surface area contributed by atoms with E-state index >= 15 is 0 Å². The molecule has 0 N–H and O–H groups in total. The lowest BCUT2D eigenvalue weighted by molar-refractivity contribution is 0.298. The quantitative estimate of drug-likeness (QED) is 0.163. The Hall–Kier alpha value is -5.95. The molecule has 0 saturated heterocycles. The van der Waals surface area contributed by atoms with Crippen LogP contribution in [0.1, 0.15) is 17.1 Å². The maximum atomic E-state index is 4.60. The zero-order valence-electron chi connectivity index (χ0n) is 25.2. The van der Waals surface area contributed by atoms with E-state index in [1.54, 1.807) is 32.7 Å². The first kappa shape index (κ1) is 30.1. The largest absolute Gasteiger partial charge is 0.298 e. The second kappa shape index (κ2) is 15.7. The van der Waals surface area contributed by atoms with Crippen LogP contribution in [0.5, 0.6) is 0 Å². The fourth-order valence-corrected chi connectivity index (χ4v) is 4.54. The van der Waals surface area contributed by atoms with E-state index in [-0.39, 0.29) is 0 Å². The van der Waals surface area contributed by atoms with Gasteiger partial charge in [-0.05, 0) is 36.4 Å². The second-order valence-corrected chi connectivity index (χ2v) is 10.2. The van der Waals surface area contributed by atoms with Crippen molar-refractivity contribution < 1.29 is 0 Å². The van der Waals surface area contributed by atoms with E-state index in [0.717, 1.165) is 36.7 Å².